The molecular formula is C18H24BrFN4O. The third-order valence-electron chi connectivity index (χ3n) is 3.52. The van der Waals surface area contributed by atoms with Crippen molar-refractivity contribution in [3.8, 4) is 0 Å². The van der Waals surface area contributed by atoms with Gasteiger partial charge in [-0.3, -0.25) is 10.8 Å². The summed E-state index contributed by atoms with van der Waals surface area (Å²) in [4.78, 5) is 0. The van der Waals surface area contributed by atoms with Crippen molar-refractivity contribution in [2.75, 3.05) is 13.6 Å². The van der Waals surface area contributed by atoms with Crippen molar-refractivity contribution in [3.63, 3.8) is 0 Å². The predicted octanol–water partition coefficient (Wildman–Crippen LogP) is 3.61. The van der Waals surface area contributed by atoms with Gasteiger partial charge in [0, 0.05) is 43.5 Å². The van der Waals surface area contributed by atoms with E-state index in [0.717, 1.165) is 6.54 Å². The van der Waals surface area contributed by atoms with Gasteiger partial charge in [0.1, 0.15) is 10.4 Å². The van der Waals surface area contributed by atoms with Crippen LogP contribution in [-0.4, -0.2) is 29.0 Å². The number of hydrogen-bond acceptors (Lipinski definition) is 5. The van der Waals surface area contributed by atoms with Crippen LogP contribution in [0.2, 0.25) is 0 Å². The highest BCUT2D eigenvalue weighted by molar-refractivity contribution is 9.18. The van der Waals surface area contributed by atoms with E-state index < -0.39 is 11.9 Å². The molecule has 0 spiro atoms. The van der Waals surface area contributed by atoms with Crippen LogP contribution < -0.4 is 10.6 Å². The summed E-state index contributed by atoms with van der Waals surface area (Å²) >= 11 is 3.17. The first-order valence-corrected chi connectivity index (χ1v) is 8.71. The molecule has 1 aromatic rings. The van der Waals surface area contributed by atoms with Gasteiger partial charge in [0.25, 0.3) is 0 Å². The first kappa shape index (κ1) is 21.1. The molecule has 0 aliphatic carbocycles. The van der Waals surface area contributed by atoms with Gasteiger partial charge in [-0.05, 0) is 59.1 Å². The lowest BCUT2D eigenvalue weighted by Gasteiger charge is -2.16. The molecule has 1 atom stereocenters. The van der Waals surface area contributed by atoms with Crippen LogP contribution in [0, 0.1) is 16.6 Å². The Morgan fingerprint density at radius 3 is 2.52 bits per heavy atom. The molecule has 5 nitrogen and oxygen atoms in total. The van der Waals surface area contributed by atoms with Crippen molar-refractivity contribution in [2.24, 2.45) is 0 Å². The summed E-state index contributed by atoms with van der Waals surface area (Å²) in [7, 11) is 1.72. The molecular weight excluding hydrogens is 387 g/mol. The van der Waals surface area contributed by atoms with E-state index in [0.29, 0.717) is 28.7 Å². The number of aliphatic hydroxyl groups is 1. The molecule has 0 bridgehead atoms. The van der Waals surface area contributed by atoms with E-state index in [1.54, 1.807) is 19.4 Å². The van der Waals surface area contributed by atoms with Gasteiger partial charge in [0.2, 0.25) is 0 Å². The lowest BCUT2D eigenvalue weighted by atomic mass is 9.92. The zero-order chi connectivity index (χ0) is 19.0. The van der Waals surface area contributed by atoms with Crippen molar-refractivity contribution >= 4 is 26.3 Å². The molecule has 0 aliphatic heterocycles. The third kappa shape index (κ3) is 6.10. The maximum atomic E-state index is 13.5. The molecule has 0 fully saturated rings. The molecule has 0 aliphatic rings. The average Bonchev–Trinajstić information content (AvgIpc) is 2.56. The average molecular weight is 411 g/mol. The van der Waals surface area contributed by atoms with Gasteiger partial charge in [-0.2, -0.15) is 0 Å². The molecule has 0 unspecified atom stereocenters. The molecule has 0 aromatic heterocycles. The van der Waals surface area contributed by atoms with Crippen molar-refractivity contribution in [1.82, 2.24) is 10.6 Å². The fourth-order valence-corrected chi connectivity index (χ4v) is 2.54. The predicted molar refractivity (Wildman–Crippen MR) is 104 cm³/mol. The van der Waals surface area contributed by atoms with Gasteiger partial charge in [-0.25, -0.2) is 4.39 Å². The van der Waals surface area contributed by atoms with E-state index in [1.807, 2.05) is 6.92 Å². The molecule has 1 rings (SSSR count). The van der Waals surface area contributed by atoms with Crippen LogP contribution in [0.4, 0.5) is 4.39 Å². The third-order valence-corrected chi connectivity index (χ3v) is 4.03. The summed E-state index contributed by atoms with van der Waals surface area (Å²) in [6, 6.07) is 4.01. The molecule has 0 saturated heterocycles. The van der Waals surface area contributed by atoms with Crippen molar-refractivity contribution in [2.45, 2.75) is 26.4 Å². The lowest BCUT2D eigenvalue weighted by Crippen LogP contribution is -2.14. The topological polar surface area (TPSA) is 92.0 Å². The zero-order valence-electron chi connectivity index (χ0n) is 14.6. The van der Waals surface area contributed by atoms with Crippen LogP contribution >= 0.6 is 15.9 Å². The van der Waals surface area contributed by atoms with E-state index in [9.17, 15) is 9.50 Å². The molecule has 136 valence electrons. The second-order valence-corrected chi connectivity index (χ2v) is 6.25. The Morgan fingerprint density at radius 2 is 2.00 bits per heavy atom. The first-order chi connectivity index (χ1) is 11.8. The zero-order valence-corrected chi connectivity index (χ0v) is 16.2. The Balaban J connectivity index is 3.26. The summed E-state index contributed by atoms with van der Waals surface area (Å²) in [5.74, 6) is -0.457. The van der Waals surface area contributed by atoms with Crippen molar-refractivity contribution in [1.29, 1.82) is 10.8 Å². The maximum absolute atomic E-state index is 13.5. The first-order valence-electron chi connectivity index (χ1n) is 7.91. The number of hydrogen-bond donors (Lipinski definition) is 5. The second-order valence-electron chi connectivity index (χ2n) is 5.46. The van der Waals surface area contributed by atoms with E-state index >= 15 is 0 Å². The van der Waals surface area contributed by atoms with Crippen LogP contribution in [0.5, 0.6) is 0 Å². The molecule has 0 amide bonds. The highest BCUT2D eigenvalue weighted by atomic mass is 79.9. The monoisotopic (exact) mass is 410 g/mol. The van der Waals surface area contributed by atoms with Crippen LogP contribution in [0.3, 0.4) is 0 Å². The highest BCUT2D eigenvalue weighted by Crippen LogP contribution is 2.25. The summed E-state index contributed by atoms with van der Waals surface area (Å²) in [6.07, 6.45) is 2.84. The lowest BCUT2D eigenvalue weighted by molar-refractivity contribution is 0.198. The number of aliphatic hydroxyl groups excluding tert-OH is 1. The van der Waals surface area contributed by atoms with Crippen LogP contribution in [0.25, 0.3) is 0 Å². The van der Waals surface area contributed by atoms with Gasteiger partial charge in [0.15, 0.2) is 0 Å². The smallest absolute Gasteiger partial charge is 0.123 e. The number of halogens is 2. The quantitative estimate of drug-likeness (QED) is 0.402. The number of allylic oxidation sites excluding steroid dienone is 2. The molecule has 7 heteroatoms. The molecule has 0 heterocycles. The summed E-state index contributed by atoms with van der Waals surface area (Å²) in [6.45, 7) is 4.21. The Hall–Kier alpha value is -1.99. The standard InChI is InChI=1S/C18H24BrFN4O/c1-4-24-10-13(18(19)22)7-12(9-23-3)17(21)15-6-5-14(20)8-16(15)11(2)25/h5-6,8-11,21-25H,4,7H2,1-3H3/b12-9-,13-10-,21-17?,22-18?/t11-/m1/s1. The van der Waals surface area contributed by atoms with Gasteiger partial charge >= 0.3 is 0 Å². The molecule has 25 heavy (non-hydrogen) atoms. The summed E-state index contributed by atoms with van der Waals surface area (Å²) in [5.41, 5.74) is 2.28. The Bertz CT molecular complexity index is 698. The molecule has 5 N–H and O–H groups in total. The largest absolute Gasteiger partial charge is 0.394 e. The van der Waals surface area contributed by atoms with E-state index in [1.165, 1.54) is 25.1 Å². The van der Waals surface area contributed by atoms with Gasteiger partial charge in [0.05, 0.1) is 11.8 Å². The fraction of sp³-hybridized carbons (Fsp3) is 0.333. The Kier molecular flexibility index (Phi) is 8.51. The molecule has 0 radical (unpaired) electrons. The minimum absolute atomic E-state index is 0.168. The van der Waals surface area contributed by atoms with E-state index in [4.69, 9.17) is 10.8 Å². The molecule has 1 aromatic carbocycles. The van der Waals surface area contributed by atoms with Gasteiger partial charge < -0.3 is 15.7 Å². The molecule has 0 saturated carbocycles. The fourth-order valence-electron chi connectivity index (χ4n) is 2.29. The number of rotatable bonds is 9. The Morgan fingerprint density at radius 1 is 1.32 bits per heavy atom. The highest BCUT2D eigenvalue weighted by Gasteiger charge is 2.18. The minimum Gasteiger partial charge on any atom is -0.394 e. The van der Waals surface area contributed by atoms with Gasteiger partial charge in [-0.1, -0.05) is 0 Å². The normalized spacial score (nSPS) is 13.4. The Labute approximate surface area is 156 Å². The van der Waals surface area contributed by atoms with E-state index in [2.05, 4.69) is 26.6 Å². The minimum atomic E-state index is -0.895. The van der Waals surface area contributed by atoms with Crippen LogP contribution in [0.1, 0.15) is 37.5 Å². The second kappa shape index (κ2) is 10.1. The van der Waals surface area contributed by atoms with Crippen LogP contribution in [-0.2, 0) is 0 Å². The van der Waals surface area contributed by atoms with Crippen molar-refractivity contribution in [3.05, 3.63) is 58.7 Å². The maximum Gasteiger partial charge on any atom is 0.123 e. The number of nitrogens with one attached hydrogen (secondary N) is 4. The summed E-state index contributed by atoms with van der Waals surface area (Å²) in [5, 5.41) is 32.2. The SMILES string of the molecule is CCN/C=C(/C/C(=C/NC)C(=N)c1ccc(F)cc1[C@@H](C)O)C(=N)Br. The van der Waals surface area contributed by atoms with Crippen LogP contribution in [0.15, 0.2) is 41.7 Å². The summed E-state index contributed by atoms with van der Waals surface area (Å²) < 4.78 is 13.7. The van der Waals surface area contributed by atoms with Gasteiger partial charge in [-0.15, -0.1) is 0 Å². The van der Waals surface area contributed by atoms with Crippen molar-refractivity contribution < 1.29 is 9.50 Å². The number of benzene rings is 1. The van der Waals surface area contributed by atoms with E-state index in [-0.39, 0.29) is 10.3 Å².